The second kappa shape index (κ2) is 10.8. The van der Waals surface area contributed by atoms with E-state index >= 15 is 0 Å². The first-order chi connectivity index (χ1) is 16.7. The monoisotopic (exact) mass is 480 g/mol. The standard InChI is InChI=1S/C25H32N6O2S/c26-12-15-33-21-6-3-7-22(16-21)34-30-13-10-19(11-14-30)28-25-27-17-18-8-9-23(32)31(24(18)29-25)20-4-1-2-5-20/h3,6-9,16-17,19-20H,1-2,4-5,10-15,26H2,(H,27,28,29). The van der Waals surface area contributed by atoms with Gasteiger partial charge in [0.2, 0.25) is 5.95 Å². The van der Waals surface area contributed by atoms with E-state index in [0.717, 1.165) is 55.6 Å². The van der Waals surface area contributed by atoms with Crippen LogP contribution in [0.2, 0.25) is 0 Å². The Morgan fingerprint density at radius 2 is 1.94 bits per heavy atom. The molecule has 1 aliphatic carbocycles. The third-order valence-corrected chi connectivity index (χ3v) is 7.66. The molecule has 0 amide bonds. The quantitative estimate of drug-likeness (QED) is 0.470. The number of rotatable bonds is 8. The molecule has 9 heteroatoms. The first-order valence-corrected chi connectivity index (χ1v) is 13.0. The Hall–Kier alpha value is -2.62. The van der Waals surface area contributed by atoms with E-state index < -0.39 is 0 Å². The van der Waals surface area contributed by atoms with Crippen molar-refractivity contribution in [1.29, 1.82) is 0 Å². The summed E-state index contributed by atoms with van der Waals surface area (Å²) >= 11 is 1.77. The molecule has 3 N–H and O–H groups in total. The van der Waals surface area contributed by atoms with Crippen LogP contribution in [0.3, 0.4) is 0 Å². The van der Waals surface area contributed by atoms with E-state index in [2.05, 4.69) is 26.7 Å². The van der Waals surface area contributed by atoms with Gasteiger partial charge in [0.05, 0.1) is 0 Å². The summed E-state index contributed by atoms with van der Waals surface area (Å²) in [5, 5.41) is 4.44. The average molecular weight is 481 g/mol. The molecule has 0 radical (unpaired) electrons. The maximum atomic E-state index is 12.6. The number of anilines is 1. The largest absolute Gasteiger partial charge is 0.492 e. The van der Waals surface area contributed by atoms with Crippen LogP contribution < -0.4 is 21.3 Å². The van der Waals surface area contributed by atoms with Crippen molar-refractivity contribution in [1.82, 2.24) is 18.8 Å². The van der Waals surface area contributed by atoms with E-state index in [1.165, 1.54) is 17.7 Å². The molecule has 2 fully saturated rings. The fourth-order valence-electron chi connectivity index (χ4n) is 4.84. The molecule has 1 saturated carbocycles. The summed E-state index contributed by atoms with van der Waals surface area (Å²) in [5.74, 6) is 1.47. The highest BCUT2D eigenvalue weighted by Gasteiger charge is 2.23. The molecule has 0 atom stereocenters. The van der Waals surface area contributed by atoms with Crippen LogP contribution in [0.25, 0.3) is 11.0 Å². The molecule has 3 heterocycles. The molecule has 5 rings (SSSR count). The third kappa shape index (κ3) is 5.37. The molecule has 1 aliphatic heterocycles. The lowest BCUT2D eigenvalue weighted by atomic mass is 10.1. The Balaban J connectivity index is 1.21. The molecule has 0 bridgehead atoms. The summed E-state index contributed by atoms with van der Waals surface area (Å²) in [6.45, 7) is 2.98. The van der Waals surface area contributed by atoms with E-state index in [9.17, 15) is 4.79 Å². The normalized spacial score (nSPS) is 17.9. The number of piperidine rings is 1. The summed E-state index contributed by atoms with van der Waals surface area (Å²) in [5.41, 5.74) is 6.32. The van der Waals surface area contributed by atoms with Crippen molar-refractivity contribution < 1.29 is 4.74 Å². The van der Waals surface area contributed by atoms with Crippen LogP contribution in [0.1, 0.15) is 44.6 Å². The van der Waals surface area contributed by atoms with Gasteiger partial charge in [-0.15, -0.1) is 0 Å². The average Bonchev–Trinajstić information content (AvgIpc) is 3.38. The van der Waals surface area contributed by atoms with Crippen LogP contribution >= 0.6 is 11.9 Å². The first kappa shape index (κ1) is 23.1. The lowest BCUT2D eigenvalue weighted by Gasteiger charge is -2.31. The molecular formula is C25H32N6O2S. The Labute approximate surface area is 204 Å². The molecule has 3 aromatic rings. The number of hydrogen-bond donors (Lipinski definition) is 2. The second-order valence-corrected chi connectivity index (χ2v) is 10.2. The highest BCUT2D eigenvalue weighted by Crippen LogP contribution is 2.31. The van der Waals surface area contributed by atoms with Gasteiger partial charge >= 0.3 is 0 Å². The maximum absolute atomic E-state index is 12.6. The fraction of sp³-hybridized carbons (Fsp3) is 0.480. The van der Waals surface area contributed by atoms with E-state index in [0.29, 0.717) is 25.1 Å². The van der Waals surface area contributed by atoms with Crippen LogP contribution in [0.5, 0.6) is 5.75 Å². The number of nitrogens with two attached hydrogens (primary N) is 1. The Morgan fingerprint density at radius 3 is 2.74 bits per heavy atom. The van der Waals surface area contributed by atoms with Gasteiger partial charge in [0, 0.05) is 54.3 Å². The molecule has 0 spiro atoms. The van der Waals surface area contributed by atoms with Crippen molar-refractivity contribution in [3.8, 4) is 5.75 Å². The van der Waals surface area contributed by atoms with Crippen molar-refractivity contribution in [3.05, 3.63) is 52.9 Å². The smallest absolute Gasteiger partial charge is 0.252 e. The number of pyridine rings is 1. The number of ether oxygens (including phenoxy) is 1. The first-order valence-electron chi connectivity index (χ1n) is 12.2. The van der Waals surface area contributed by atoms with Gasteiger partial charge in [-0.3, -0.25) is 9.36 Å². The summed E-state index contributed by atoms with van der Waals surface area (Å²) in [4.78, 5) is 23.1. The molecule has 2 aromatic heterocycles. The van der Waals surface area contributed by atoms with Crippen molar-refractivity contribution >= 4 is 28.9 Å². The molecule has 2 aliphatic rings. The minimum atomic E-state index is 0.0341. The van der Waals surface area contributed by atoms with Gasteiger partial charge in [-0.1, -0.05) is 18.9 Å². The number of benzene rings is 1. The Kier molecular flexibility index (Phi) is 7.32. The van der Waals surface area contributed by atoms with E-state index in [-0.39, 0.29) is 11.6 Å². The lowest BCUT2D eigenvalue weighted by Crippen LogP contribution is -2.36. The van der Waals surface area contributed by atoms with E-state index in [4.69, 9.17) is 15.5 Å². The van der Waals surface area contributed by atoms with Gasteiger partial charge in [0.25, 0.3) is 5.56 Å². The van der Waals surface area contributed by atoms with Crippen LogP contribution in [0.4, 0.5) is 5.95 Å². The fourth-order valence-corrected chi connectivity index (χ4v) is 5.84. The zero-order valence-corrected chi connectivity index (χ0v) is 20.2. The van der Waals surface area contributed by atoms with Gasteiger partial charge in [-0.25, -0.2) is 9.29 Å². The van der Waals surface area contributed by atoms with Crippen LogP contribution in [0.15, 0.2) is 52.3 Å². The van der Waals surface area contributed by atoms with Crippen molar-refractivity contribution in [2.75, 3.05) is 31.6 Å². The SMILES string of the molecule is NCCOc1cccc(SN2CCC(Nc3ncc4ccc(=O)n(C5CCCC5)c4n3)CC2)c1. The van der Waals surface area contributed by atoms with E-state index in [1.807, 2.05) is 29.0 Å². The number of aromatic nitrogens is 3. The summed E-state index contributed by atoms with van der Waals surface area (Å²) in [6.07, 6.45) is 8.27. The number of hydrogen-bond acceptors (Lipinski definition) is 8. The van der Waals surface area contributed by atoms with Gasteiger partial charge in [0.1, 0.15) is 18.0 Å². The van der Waals surface area contributed by atoms with Crippen LogP contribution in [-0.2, 0) is 0 Å². The van der Waals surface area contributed by atoms with Crippen LogP contribution in [0, 0.1) is 0 Å². The molecule has 8 nitrogen and oxygen atoms in total. The third-order valence-electron chi connectivity index (χ3n) is 6.57. The minimum Gasteiger partial charge on any atom is -0.492 e. The molecule has 34 heavy (non-hydrogen) atoms. The highest BCUT2D eigenvalue weighted by atomic mass is 32.2. The summed E-state index contributed by atoms with van der Waals surface area (Å²) < 4.78 is 9.92. The predicted molar refractivity (Wildman–Crippen MR) is 136 cm³/mol. The zero-order chi connectivity index (χ0) is 23.3. The maximum Gasteiger partial charge on any atom is 0.252 e. The van der Waals surface area contributed by atoms with Crippen LogP contribution in [-0.4, -0.2) is 51.1 Å². The number of nitrogens with zero attached hydrogens (tertiary/aromatic N) is 4. The molecule has 180 valence electrons. The predicted octanol–water partition coefficient (Wildman–Crippen LogP) is 3.83. The zero-order valence-electron chi connectivity index (χ0n) is 19.4. The summed E-state index contributed by atoms with van der Waals surface area (Å²) in [6, 6.07) is 12.2. The Bertz CT molecular complexity index is 1170. The van der Waals surface area contributed by atoms with Gasteiger partial charge in [0.15, 0.2) is 0 Å². The molecule has 0 unspecified atom stereocenters. The summed E-state index contributed by atoms with van der Waals surface area (Å²) in [7, 11) is 0. The van der Waals surface area contributed by atoms with E-state index in [1.54, 1.807) is 18.0 Å². The minimum absolute atomic E-state index is 0.0341. The highest BCUT2D eigenvalue weighted by molar-refractivity contribution is 7.97. The van der Waals surface area contributed by atoms with Gasteiger partial charge in [-0.05, 0) is 61.9 Å². The van der Waals surface area contributed by atoms with Gasteiger partial charge in [-0.2, -0.15) is 4.98 Å². The molecule has 1 saturated heterocycles. The lowest BCUT2D eigenvalue weighted by molar-refractivity contribution is 0.327. The van der Waals surface area contributed by atoms with Crippen molar-refractivity contribution in [3.63, 3.8) is 0 Å². The Morgan fingerprint density at radius 1 is 1.12 bits per heavy atom. The molecular weight excluding hydrogens is 448 g/mol. The van der Waals surface area contributed by atoms with Crippen molar-refractivity contribution in [2.45, 2.75) is 55.5 Å². The topological polar surface area (TPSA) is 98.3 Å². The van der Waals surface area contributed by atoms with Crippen molar-refractivity contribution in [2.24, 2.45) is 5.73 Å². The molecule has 1 aromatic carbocycles. The number of fused-ring (bicyclic) bond motifs is 1. The second-order valence-electron chi connectivity index (χ2n) is 9.00. The number of nitrogens with one attached hydrogen (secondary N) is 1. The van der Waals surface area contributed by atoms with Gasteiger partial charge < -0.3 is 15.8 Å².